The van der Waals surface area contributed by atoms with E-state index in [2.05, 4.69) is 5.32 Å². The topological polar surface area (TPSA) is 86.8 Å². The molecule has 1 N–H and O–H groups in total. The minimum Gasteiger partial charge on any atom is -0.357 e. The summed E-state index contributed by atoms with van der Waals surface area (Å²) in [6, 6.07) is 28.3. The van der Waals surface area contributed by atoms with Crippen LogP contribution in [0.15, 0.2) is 108 Å². The van der Waals surface area contributed by atoms with Gasteiger partial charge in [-0.3, -0.25) is 13.9 Å². The fourth-order valence-corrected chi connectivity index (χ4v) is 6.45. The third kappa shape index (κ3) is 7.31. The summed E-state index contributed by atoms with van der Waals surface area (Å²) in [5.41, 5.74) is 2.51. The third-order valence-electron chi connectivity index (χ3n) is 6.85. The maximum absolute atomic E-state index is 14.3. The number of nitrogens with one attached hydrogen (secondary N) is 1. The van der Waals surface area contributed by atoms with Crippen LogP contribution >= 0.6 is 23.2 Å². The largest absolute Gasteiger partial charge is 0.357 e. The number of aryl methyl sites for hydroxylation is 1. The number of benzene rings is 4. The van der Waals surface area contributed by atoms with Gasteiger partial charge in [0.25, 0.3) is 10.0 Å². The number of rotatable bonds is 11. The number of amides is 2. The van der Waals surface area contributed by atoms with Gasteiger partial charge in [-0.2, -0.15) is 0 Å². The zero-order valence-corrected chi connectivity index (χ0v) is 25.5. The van der Waals surface area contributed by atoms with Gasteiger partial charge in [0.15, 0.2) is 0 Å². The number of likely N-dealkylation sites (N-methyl/N-ethyl adjacent to an activating group) is 1. The minimum atomic E-state index is -4.15. The molecule has 4 aromatic carbocycles. The average Bonchev–Trinajstić information content (AvgIpc) is 3.00. The van der Waals surface area contributed by atoms with Gasteiger partial charge in [0.05, 0.1) is 20.6 Å². The number of halogens is 2. The number of nitrogens with zero attached hydrogens (tertiary/aromatic N) is 2. The molecular formula is C32H31Cl2N3O4S. The Morgan fingerprint density at radius 2 is 1.43 bits per heavy atom. The molecule has 0 aliphatic carbocycles. The molecule has 7 nitrogen and oxygen atoms in total. The van der Waals surface area contributed by atoms with Crippen LogP contribution in [0.25, 0.3) is 0 Å². The van der Waals surface area contributed by atoms with Crippen molar-refractivity contribution in [2.45, 2.75) is 30.8 Å². The summed E-state index contributed by atoms with van der Waals surface area (Å²) in [5, 5.41) is 3.32. The molecule has 0 unspecified atom stereocenters. The molecule has 0 spiro atoms. The summed E-state index contributed by atoms with van der Waals surface area (Å²) < 4.78 is 29.1. The second-order valence-electron chi connectivity index (χ2n) is 9.70. The van der Waals surface area contributed by atoms with Gasteiger partial charge in [0.2, 0.25) is 11.8 Å². The van der Waals surface area contributed by atoms with E-state index >= 15 is 0 Å². The molecule has 218 valence electrons. The lowest BCUT2D eigenvalue weighted by Gasteiger charge is -2.34. The van der Waals surface area contributed by atoms with Crippen LogP contribution < -0.4 is 9.62 Å². The second-order valence-corrected chi connectivity index (χ2v) is 12.4. The number of carbonyl (C=O) groups excluding carboxylic acids is 2. The molecule has 10 heteroatoms. The maximum Gasteiger partial charge on any atom is 0.264 e. The van der Waals surface area contributed by atoms with E-state index in [1.54, 1.807) is 67.6 Å². The van der Waals surface area contributed by atoms with Gasteiger partial charge in [-0.1, -0.05) is 96.0 Å². The predicted molar refractivity (Wildman–Crippen MR) is 167 cm³/mol. The molecule has 0 fully saturated rings. The SMILES string of the molecule is CNC(=O)[C@H](Cc1ccccc1)N(Cc1ccc(Cl)c(Cl)c1)C(=O)CN(c1ccccc1C)S(=O)(=O)c1ccccc1. The van der Waals surface area contributed by atoms with Gasteiger partial charge in [-0.25, -0.2) is 8.42 Å². The number of hydrogen-bond donors (Lipinski definition) is 1. The molecule has 0 saturated carbocycles. The molecule has 1 atom stereocenters. The fourth-order valence-electron chi connectivity index (χ4n) is 4.63. The Hall–Kier alpha value is -3.85. The van der Waals surface area contributed by atoms with E-state index in [0.29, 0.717) is 26.9 Å². The molecule has 0 aliphatic heterocycles. The summed E-state index contributed by atoms with van der Waals surface area (Å²) in [6.45, 7) is 1.24. The first kappa shape index (κ1) is 31.1. The Labute approximate surface area is 256 Å². The van der Waals surface area contributed by atoms with E-state index in [9.17, 15) is 18.0 Å². The van der Waals surface area contributed by atoms with E-state index in [1.165, 1.54) is 24.1 Å². The van der Waals surface area contributed by atoms with Crippen LogP contribution in [0.5, 0.6) is 0 Å². The molecule has 0 radical (unpaired) electrons. The van der Waals surface area contributed by atoms with Crippen LogP contribution in [0.3, 0.4) is 0 Å². The summed E-state index contributed by atoms with van der Waals surface area (Å²) in [5.74, 6) is -0.950. The molecule has 42 heavy (non-hydrogen) atoms. The van der Waals surface area contributed by atoms with Crippen molar-refractivity contribution in [2.75, 3.05) is 17.9 Å². The lowest BCUT2D eigenvalue weighted by molar-refractivity contribution is -0.139. The highest BCUT2D eigenvalue weighted by Gasteiger charge is 2.34. The van der Waals surface area contributed by atoms with Crippen molar-refractivity contribution in [1.29, 1.82) is 0 Å². The molecular weight excluding hydrogens is 593 g/mol. The van der Waals surface area contributed by atoms with Crippen molar-refractivity contribution in [3.05, 3.63) is 130 Å². The Kier molecular flexibility index (Phi) is 10.3. The molecule has 0 saturated heterocycles. The Balaban J connectivity index is 1.80. The molecule has 0 aromatic heterocycles. The first-order valence-electron chi connectivity index (χ1n) is 13.2. The highest BCUT2D eigenvalue weighted by molar-refractivity contribution is 7.92. The summed E-state index contributed by atoms with van der Waals surface area (Å²) in [7, 11) is -2.65. The number of hydrogen-bond acceptors (Lipinski definition) is 4. The molecule has 0 heterocycles. The maximum atomic E-state index is 14.3. The molecule has 0 aliphatic rings. The summed E-state index contributed by atoms with van der Waals surface area (Å²) in [6.07, 6.45) is 0.212. The zero-order valence-electron chi connectivity index (χ0n) is 23.2. The van der Waals surface area contributed by atoms with E-state index in [0.717, 1.165) is 9.87 Å². The van der Waals surface area contributed by atoms with Crippen molar-refractivity contribution < 1.29 is 18.0 Å². The van der Waals surface area contributed by atoms with Crippen molar-refractivity contribution in [2.24, 2.45) is 0 Å². The number of sulfonamides is 1. The quantitative estimate of drug-likeness (QED) is 0.226. The van der Waals surface area contributed by atoms with E-state index in [-0.39, 0.29) is 23.8 Å². The smallest absolute Gasteiger partial charge is 0.264 e. The van der Waals surface area contributed by atoms with Gasteiger partial charge in [-0.05, 0) is 53.9 Å². The van der Waals surface area contributed by atoms with Crippen LogP contribution in [0.2, 0.25) is 10.0 Å². The fraction of sp³-hybridized carbons (Fsp3) is 0.188. The van der Waals surface area contributed by atoms with Crippen molar-refractivity contribution in [3.8, 4) is 0 Å². The van der Waals surface area contributed by atoms with Crippen LogP contribution in [0.4, 0.5) is 5.69 Å². The highest BCUT2D eigenvalue weighted by atomic mass is 35.5. The van der Waals surface area contributed by atoms with Crippen molar-refractivity contribution >= 4 is 50.7 Å². The number of carbonyl (C=O) groups is 2. The van der Waals surface area contributed by atoms with Crippen molar-refractivity contribution in [3.63, 3.8) is 0 Å². The van der Waals surface area contributed by atoms with Gasteiger partial charge in [0, 0.05) is 20.0 Å². The van der Waals surface area contributed by atoms with Crippen molar-refractivity contribution in [1.82, 2.24) is 10.2 Å². The molecule has 2 amide bonds. The normalized spacial score (nSPS) is 11.9. The van der Waals surface area contributed by atoms with E-state index in [1.807, 2.05) is 30.3 Å². The van der Waals surface area contributed by atoms with Crippen LogP contribution in [-0.4, -0.2) is 44.8 Å². The first-order chi connectivity index (χ1) is 20.1. The monoisotopic (exact) mass is 623 g/mol. The molecule has 4 rings (SSSR count). The van der Waals surface area contributed by atoms with Gasteiger partial charge >= 0.3 is 0 Å². The van der Waals surface area contributed by atoms with Gasteiger partial charge < -0.3 is 10.2 Å². The Morgan fingerprint density at radius 3 is 2.05 bits per heavy atom. The first-order valence-corrected chi connectivity index (χ1v) is 15.4. The summed E-state index contributed by atoms with van der Waals surface area (Å²) >= 11 is 12.4. The number of anilines is 1. The molecule has 4 aromatic rings. The lowest BCUT2D eigenvalue weighted by Crippen LogP contribution is -2.53. The molecule has 0 bridgehead atoms. The van der Waals surface area contributed by atoms with E-state index in [4.69, 9.17) is 23.2 Å². The Bertz CT molecular complexity index is 1650. The van der Waals surface area contributed by atoms with Gasteiger partial charge in [0.1, 0.15) is 12.6 Å². The standard InChI is InChI=1S/C32H31Cl2N3O4S/c1-23-11-9-10-16-29(23)37(42(40,41)26-14-7-4-8-15-26)22-31(38)36(21-25-17-18-27(33)28(34)19-25)30(32(39)35-2)20-24-12-5-3-6-13-24/h3-19,30H,20-22H2,1-2H3,(H,35,39)/t30-/m0/s1. The third-order valence-corrected chi connectivity index (χ3v) is 9.36. The number of para-hydroxylation sites is 1. The zero-order chi connectivity index (χ0) is 30.3. The predicted octanol–water partition coefficient (Wildman–Crippen LogP) is 5.88. The van der Waals surface area contributed by atoms with Gasteiger partial charge in [-0.15, -0.1) is 0 Å². The highest BCUT2D eigenvalue weighted by Crippen LogP contribution is 2.28. The van der Waals surface area contributed by atoms with Crippen LogP contribution in [-0.2, 0) is 32.6 Å². The Morgan fingerprint density at radius 1 is 0.810 bits per heavy atom. The van der Waals surface area contributed by atoms with Crippen LogP contribution in [0.1, 0.15) is 16.7 Å². The average molecular weight is 625 g/mol. The van der Waals surface area contributed by atoms with E-state index < -0.39 is 28.5 Å². The summed E-state index contributed by atoms with van der Waals surface area (Å²) in [4.78, 5) is 29.1. The second kappa shape index (κ2) is 13.9. The lowest BCUT2D eigenvalue weighted by atomic mass is 10.0. The minimum absolute atomic E-state index is 0.00631. The van der Waals surface area contributed by atoms with Crippen LogP contribution in [0, 0.1) is 6.92 Å².